The number of ether oxygens (including phenoxy) is 1. The molecule has 5 heterocycles. The molecule has 1 spiro atoms. The summed E-state index contributed by atoms with van der Waals surface area (Å²) in [6.07, 6.45) is 6.35. The summed E-state index contributed by atoms with van der Waals surface area (Å²) in [4.78, 5) is 39.6. The van der Waals surface area contributed by atoms with E-state index in [2.05, 4.69) is 35.1 Å². The van der Waals surface area contributed by atoms with Crippen molar-refractivity contribution in [3.8, 4) is 0 Å². The van der Waals surface area contributed by atoms with Crippen molar-refractivity contribution in [1.82, 2.24) is 14.9 Å². The predicted octanol–water partition coefficient (Wildman–Crippen LogP) is 4.15. The number of nitrogen functional groups attached to an aromatic ring is 1. The molecule has 2 atom stereocenters. The number of rotatable bonds is 2. The Morgan fingerprint density at radius 2 is 1.97 bits per heavy atom. The topological polar surface area (TPSA) is 102 Å². The van der Waals surface area contributed by atoms with Gasteiger partial charge in [0.2, 0.25) is 5.91 Å². The van der Waals surface area contributed by atoms with E-state index in [9.17, 15) is 9.59 Å². The van der Waals surface area contributed by atoms with Gasteiger partial charge in [-0.3, -0.25) is 9.59 Å². The monoisotopic (exact) mass is 497 g/mol. The maximum Gasteiger partial charge on any atom is 0.272 e. The number of anilines is 2. The summed E-state index contributed by atoms with van der Waals surface area (Å²) in [5, 5.41) is 0.887. The molecule has 2 fully saturated rings. The zero-order chi connectivity index (χ0) is 25.5. The first-order valence-corrected chi connectivity index (χ1v) is 13.2. The highest BCUT2D eigenvalue weighted by atomic mass is 16.5. The fraction of sp³-hybridized carbons (Fsp3) is 0.448. The van der Waals surface area contributed by atoms with Crippen molar-refractivity contribution in [3.63, 3.8) is 0 Å². The molecule has 0 radical (unpaired) electrons. The van der Waals surface area contributed by atoms with Crippen LogP contribution in [0, 0.1) is 11.3 Å². The van der Waals surface area contributed by atoms with Crippen LogP contribution in [0.2, 0.25) is 0 Å². The van der Waals surface area contributed by atoms with E-state index in [1.54, 1.807) is 6.20 Å². The van der Waals surface area contributed by atoms with Crippen LogP contribution in [0.15, 0.2) is 30.5 Å². The van der Waals surface area contributed by atoms with Crippen LogP contribution in [-0.2, 0) is 29.2 Å². The smallest absolute Gasteiger partial charge is 0.272 e. The number of pyridine rings is 2. The number of benzene rings is 1. The molecule has 8 heteroatoms. The van der Waals surface area contributed by atoms with E-state index in [1.807, 2.05) is 22.9 Å². The van der Waals surface area contributed by atoms with Gasteiger partial charge in [-0.05, 0) is 66.8 Å². The predicted molar refractivity (Wildman–Crippen MR) is 140 cm³/mol. The minimum absolute atomic E-state index is 0.0248. The maximum atomic E-state index is 14.0. The molecular formula is C29H31N5O3. The summed E-state index contributed by atoms with van der Waals surface area (Å²) in [5.74, 6) is 1.06. The van der Waals surface area contributed by atoms with Gasteiger partial charge in [-0.1, -0.05) is 19.1 Å². The number of nitrogens with zero attached hydrogens (tertiary/aromatic N) is 4. The first-order chi connectivity index (χ1) is 17.8. The van der Waals surface area contributed by atoms with Gasteiger partial charge < -0.3 is 20.3 Å². The molecule has 1 saturated heterocycles. The molecule has 3 aliphatic heterocycles. The molecule has 190 valence electrons. The van der Waals surface area contributed by atoms with Gasteiger partial charge in [0.1, 0.15) is 11.5 Å². The van der Waals surface area contributed by atoms with Gasteiger partial charge in [0.05, 0.1) is 36.4 Å². The van der Waals surface area contributed by atoms with Gasteiger partial charge in [-0.2, -0.15) is 0 Å². The first-order valence-electron chi connectivity index (χ1n) is 13.2. The largest absolute Gasteiger partial charge is 0.383 e. The van der Waals surface area contributed by atoms with Crippen molar-refractivity contribution in [1.29, 1.82) is 0 Å². The van der Waals surface area contributed by atoms with Crippen LogP contribution in [0.3, 0.4) is 0 Å². The molecule has 1 aliphatic carbocycles. The number of hydrogen-bond donors (Lipinski definition) is 1. The van der Waals surface area contributed by atoms with Crippen molar-refractivity contribution in [2.75, 3.05) is 24.2 Å². The van der Waals surface area contributed by atoms with Crippen LogP contribution in [-0.4, -0.2) is 40.3 Å². The normalized spacial score (nSPS) is 23.9. The molecule has 4 aliphatic rings. The Bertz CT molecular complexity index is 1480. The van der Waals surface area contributed by atoms with Gasteiger partial charge in [0, 0.05) is 30.2 Å². The van der Waals surface area contributed by atoms with Crippen molar-refractivity contribution < 1.29 is 14.3 Å². The number of aromatic nitrogens is 2. The molecule has 2 aromatic heterocycles. The Balaban J connectivity index is 1.25. The number of hydrogen-bond acceptors (Lipinski definition) is 6. The molecule has 1 aromatic carbocycles. The fourth-order valence-corrected chi connectivity index (χ4v) is 6.59. The highest BCUT2D eigenvalue weighted by Gasteiger charge is 2.54. The second-order valence-electron chi connectivity index (χ2n) is 11.4. The number of carbonyl (C=O) groups is 2. The van der Waals surface area contributed by atoms with Gasteiger partial charge in [-0.25, -0.2) is 9.97 Å². The highest BCUT2D eigenvalue weighted by molar-refractivity contribution is 6.02. The quantitative estimate of drug-likeness (QED) is 0.571. The van der Waals surface area contributed by atoms with Crippen LogP contribution < -0.4 is 10.6 Å². The zero-order valence-corrected chi connectivity index (χ0v) is 21.3. The molecule has 3 aromatic rings. The van der Waals surface area contributed by atoms with E-state index in [0.29, 0.717) is 42.7 Å². The van der Waals surface area contributed by atoms with Crippen LogP contribution in [0.4, 0.5) is 11.5 Å². The molecule has 0 bridgehead atoms. The molecule has 7 rings (SSSR count). The zero-order valence-electron chi connectivity index (χ0n) is 21.3. The van der Waals surface area contributed by atoms with E-state index in [-0.39, 0.29) is 23.3 Å². The minimum Gasteiger partial charge on any atom is -0.383 e. The third kappa shape index (κ3) is 3.45. The molecule has 8 nitrogen and oxygen atoms in total. The number of amides is 2. The van der Waals surface area contributed by atoms with Crippen molar-refractivity contribution >= 4 is 34.2 Å². The fourth-order valence-electron chi connectivity index (χ4n) is 6.59. The second kappa shape index (κ2) is 7.99. The third-order valence-corrected chi connectivity index (χ3v) is 8.90. The number of piperidine rings is 1. The lowest BCUT2D eigenvalue weighted by atomic mass is 9.85. The Hall–Kier alpha value is -3.52. The van der Waals surface area contributed by atoms with E-state index in [4.69, 9.17) is 10.5 Å². The average molecular weight is 498 g/mol. The van der Waals surface area contributed by atoms with E-state index >= 15 is 0 Å². The number of likely N-dealkylation sites (tertiary alicyclic amines) is 1. The Morgan fingerprint density at radius 1 is 1.16 bits per heavy atom. The van der Waals surface area contributed by atoms with Crippen LogP contribution >= 0.6 is 0 Å². The molecule has 37 heavy (non-hydrogen) atoms. The van der Waals surface area contributed by atoms with E-state index in [1.165, 1.54) is 5.56 Å². The highest BCUT2D eigenvalue weighted by Crippen LogP contribution is 2.54. The molecule has 2 N–H and O–H groups in total. The standard InChI is InChI=1S/C29H31N5O3/c1-16-3-5-25(17-4-6-24-18(9-17)11-29(7-8-29)28(36)33(24)2)34(13-16)27(35)22-10-19-20-14-37-15-21(20)26(30)32-23(19)12-31-22/h4,6,9-10,12,16,25H,3,5,7-8,11,13-15H2,1-2H3,(H2,30,32)/t16-,25?/m0/s1. The van der Waals surface area contributed by atoms with Crippen LogP contribution in [0.5, 0.6) is 0 Å². The second-order valence-corrected chi connectivity index (χ2v) is 11.4. The lowest BCUT2D eigenvalue weighted by Crippen LogP contribution is -2.42. The molecular weight excluding hydrogens is 466 g/mol. The Morgan fingerprint density at radius 3 is 2.78 bits per heavy atom. The van der Waals surface area contributed by atoms with E-state index < -0.39 is 0 Å². The third-order valence-electron chi connectivity index (χ3n) is 8.90. The molecule has 1 saturated carbocycles. The number of fused-ring (bicyclic) bond motifs is 4. The average Bonchev–Trinajstić information content (AvgIpc) is 3.48. The summed E-state index contributed by atoms with van der Waals surface area (Å²) in [6, 6.07) is 8.23. The van der Waals surface area contributed by atoms with Gasteiger partial charge >= 0.3 is 0 Å². The lowest BCUT2D eigenvalue weighted by Gasteiger charge is -2.40. The maximum absolute atomic E-state index is 14.0. The minimum atomic E-state index is -0.201. The van der Waals surface area contributed by atoms with E-state index in [0.717, 1.165) is 59.9 Å². The Kier molecular flexibility index (Phi) is 4.89. The van der Waals surface area contributed by atoms with Gasteiger partial charge in [-0.15, -0.1) is 0 Å². The summed E-state index contributed by atoms with van der Waals surface area (Å²) < 4.78 is 5.63. The van der Waals surface area contributed by atoms with Gasteiger partial charge in [0.15, 0.2) is 0 Å². The van der Waals surface area contributed by atoms with Crippen molar-refractivity contribution in [3.05, 3.63) is 58.4 Å². The summed E-state index contributed by atoms with van der Waals surface area (Å²) in [6.45, 7) is 3.80. The Labute approximate surface area is 215 Å². The SMILES string of the molecule is C[C@H]1CCC(c2ccc3c(c2)CC2(CC2)C(=O)N3C)N(C(=O)c2cc3c4c(c(N)nc3cn2)COC4)C1. The van der Waals surface area contributed by atoms with Crippen LogP contribution in [0.25, 0.3) is 10.9 Å². The van der Waals surface area contributed by atoms with Gasteiger partial charge in [0.25, 0.3) is 5.91 Å². The molecule has 1 unspecified atom stereocenters. The number of carbonyl (C=O) groups excluding carboxylic acids is 2. The summed E-state index contributed by atoms with van der Waals surface area (Å²) in [5.41, 5.74) is 12.3. The first kappa shape index (κ1) is 22.7. The summed E-state index contributed by atoms with van der Waals surface area (Å²) in [7, 11) is 1.88. The van der Waals surface area contributed by atoms with Crippen molar-refractivity contribution in [2.45, 2.75) is 58.3 Å². The van der Waals surface area contributed by atoms with Crippen molar-refractivity contribution in [2.24, 2.45) is 11.3 Å². The summed E-state index contributed by atoms with van der Waals surface area (Å²) >= 11 is 0. The number of nitrogens with two attached hydrogens (primary N) is 1. The lowest BCUT2D eigenvalue weighted by molar-refractivity contribution is -0.123. The van der Waals surface area contributed by atoms with Crippen LogP contribution in [0.1, 0.15) is 71.4 Å². The molecule has 2 amide bonds.